The smallest absolute Gasteiger partial charge is 0.279 e. The van der Waals surface area contributed by atoms with Crippen molar-refractivity contribution in [3.8, 4) is 0 Å². The molecule has 1 aliphatic rings. The van der Waals surface area contributed by atoms with E-state index in [1.54, 1.807) is 0 Å². The number of hydrogen-bond acceptors (Lipinski definition) is 1. The van der Waals surface area contributed by atoms with E-state index in [9.17, 15) is 4.79 Å². The van der Waals surface area contributed by atoms with Gasteiger partial charge in [0.2, 0.25) is 0 Å². The molecule has 1 amide bonds. The van der Waals surface area contributed by atoms with E-state index in [4.69, 9.17) is 0 Å². The summed E-state index contributed by atoms with van der Waals surface area (Å²) in [6.07, 6.45) is 6.01. The Balaban J connectivity index is 1.78. The highest BCUT2D eigenvalue weighted by Crippen LogP contribution is 2.25. The molecular formula is C25H35N2O+. The first-order valence-corrected chi connectivity index (χ1v) is 10.8. The molecule has 1 N–H and O–H groups in total. The van der Waals surface area contributed by atoms with Gasteiger partial charge in [0, 0.05) is 11.3 Å². The van der Waals surface area contributed by atoms with Gasteiger partial charge in [-0.2, -0.15) is 0 Å². The molecule has 150 valence electrons. The summed E-state index contributed by atoms with van der Waals surface area (Å²) in [6.45, 7) is 10.1. The Morgan fingerprint density at radius 2 is 1.54 bits per heavy atom. The molecule has 3 rings (SSSR count). The van der Waals surface area contributed by atoms with Crippen LogP contribution >= 0.6 is 0 Å². The normalized spacial score (nSPS) is 16.4. The number of amides is 1. The first kappa shape index (κ1) is 20.6. The van der Waals surface area contributed by atoms with E-state index in [-0.39, 0.29) is 5.91 Å². The van der Waals surface area contributed by atoms with Crippen molar-refractivity contribution in [1.29, 1.82) is 0 Å². The summed E-state index contributed by atoms with van der Waals surface area (Å²) in [4.78, 5) is 13.1. The number of carbonyl (C=O) groups excluding carboxylic acids is 1. The Bertz CT molecular complexity index is 766. The van der Waals surface area contributed by atoms with Crippen LogP contribution in [0.2, 0.25) is 0 Å². The lowest BCUT2D eigenvalue weighted by atomic mass is 10.0. The lowest BCUT2D eigenvalue weighted by molar-refractivity contribution is -0.932. The van der Waals surface area contributed by atoms with Crippen molar-refractivity contribution in [2.45, 2.75) is 59.4 Å². The lowest BCUT2D eigenvalue weighted by Crippen LogP contribution is -2.52. The van der Waals surface area contributed by atoms with Gasteiger partial charge in [0.1, 0.15) is 6.54 Å². The molecule has 1 aliphatic heterocycles. The quantitative estimate of drug-likeness (QED) is 0.669. The molecule has 1 saturated heterocycles. The third kappa shape index (κ3) is 5.23. The van der Waals surface area contributed by atoms with E-state index < -0.39 is 0 Å². The fourth-order valence-electron chi connectivity index (χ4n) is 4.64. The highest BCUT2D eigenvalue weighted by atomic mass is 16.2. The monoisotopic (exact) mass is 379 g/mol. The summed E-state index contributed by atoms with van der Waals surface area (Å²) < 4.78 is 0.876. The average molecular weight is 380 g/mol. The summed E-state index contributed by atoms with van der Waals surface area (Å²) in [6, 6.07) is 15.1. The maximum Gasteiger partial charge on any atom is 0.279 e. The largest absolute Gasteiger partial charge is 0.321 e. The van der Waals surface area contributed by atoms with Crippen LogP contribution < -0.4 is 5.32 Å². The van der Waals surface area contributed by atoms with E-state index in [2.05, 4.69) is 68.6 Å². The second kappa shape index (κ2) is 9.38. The number of nitrogens with zero attached hydrogens (tertiary/aromatic N) is 1. The number of hydrogen-bond donors (Lipinski definition) is 1. The minimum absolute atomic E-state index is 0.147. The molecular weight excluding hydrogens is 344 g/mol. The molecule has 3 nitrogen and oxygen atoms in total. The van der Waals surface area contributed by atoms with Crippen LogP contribution in [0.3, 0.4) is 0 Å². The second-order valence-electron chi connectivity index (χ2n) is 8.51. The molecule has 3 heteroatoms. The van der Waals surface area contributed by atoms with Crippen molar-refractivity contribution in [2.24, 2.45) is 0 Å². The number of carbonyl (C=O) groups is 1. The summed E-state index contributed by atoms with van der Waals surface area (Å²) in [5, 5.41) is 3.25. The molecule has 0 aliphatic carbocycles. The first-order chi connectivity index (χ1) is 13.5. The third-order valence-corrected chi connectivity index (χ3v) is 6.12. The van der Waals surface area contributed by atoms with E-state index in [1.165, 1.54) is 36.8 Å². The Morgan fingerprint density at radius 3 is 2.11 bits per heavy atom. The van der Waals surface area contributed by atoms with Gasteiger partial charge >= 0.3 is 0 Å². The fraction of sp³-hybridized carbons (Fsp3) is 0.480. The predicted octanol–water partition coefficient (Wildman–Crippen LogP) is 5.40. The standard InChI is InChI=1S/C25H34N2O/c1-4-22-16-20(2)25(21(3)17-22)26-24(28)19-27(14-10-5-6-11-15-27)18-23-12-8-7-9-13-23/h7-9,12-13,16-17H,4-6,10-11,14-15,18-19H2,1-3H3/p+1. The van der Waals surface area contributed by atoms with Crippen molar-refractivity contribution >= 4 is 11.6 Å². The first-order valence-electron chi connectivity index (χ1n) is 10.8. The topological polar surface area (TPSA) is 29.1 Å². The second-order valence-corrected chi connectivity index (χ2v) is 8.51. The van der Waals surface area contributed by atoms with Gasteiger partial charge in [-0.3, -0.25) is 4.79 Å². The summed E-state index contributed by atoms with van der Waals surface area (Å²) in [7, 11) is 0. The molecule has 0 saturated carbocycles. The molecule has 0 atom stereocenters. The number of likely N-dealkylation sites (tertiary alicyclic amines) is 1. The van der Waals surface area contributed by atoms with Crippen molar-refractivity contribution < 1.29 is 9.28 Å². The summed E-state index contributed by atoms with van der Waals surface area (Å²) in [5.41, 5.74) is 5.98. The van der Waals surface area contributed by atoms with Crippen LogP contribution in [-0.4, -0.2) is 30.0 Å². The summed E-state index contributed by atoms with van der Waals surface area (Å²) in [5.74, 6) is 0.147. The molecule has 0 unspecified atom stereocenters. The number of nitrogens with one attached hydrogen (secondary N) is 1. The van der Waals surface area contributed by atoms with Crippen molar-refractivity contribution in [1.82, 2.24) is 0 Å². The van der Waals surface area contributed by atoms with Crippen LogP contribution in [-0.2, 0) is 17.8 Å². The maximum atomic E-state index is 13.1. The molecule has 0 bridgehead atoms. The zero-order chi connectivity index (χ0) is 20.0. The highest BCUT2D eigenvalue weighted by molar-refractivity contribution is 5.93. The zero-order valence-corrected chi connectivity index (χ0v) is 17.8. The number of benzene rings is 2. The predicted molar refractivity (Wildman–Crippen MR) is 117 cm³/mol. The maximum absolute atomic E-state index is 13.1. The molecule has 0 aromatic heterocycles. The van der Waals surface area contributed by atoms with Gasteiger partial charge in [-0.25, -0.2) is 0 Å². The minimum Gasteiger partial charge on any atom is -0.321 e. The molecule has 0 radical (unpaired) electrons. The van der Waals surface area contributed by atoms with Gasteiger partial charge in [0.05, 0.1) is 13.1 Å². The van der Waals surface area contributed by atoms with Crippen molar-refractivity contribution in [3.63, 3.8) is 0 Å². The van der Waals surface area contributed by atoms with Gasteiger partial charge in [-0.05, 0) is 62.6 Å². The molecule has 0 spiro atoms. The van der Waals surface area contributed by atoms with Crippen LogP contribution in [0.25, 0.3) is 0 Å². The van der Waals surface area contributed by atoms with Gasteiger partial charge in [-0.1, -0.05) is 49.4 Å². The van der Waals surface area contributed by atoms with Crippen LogP contribution in [0.1, 0.15) is 54.9 Å². The van der Waals surface area contributed by atoms with Gasteiger partial charge in [0.25, 0.3) is 5.91 Å². The number of aryl methyl sites for hydroxylation is 3. The summed E-state index contributed by atoms with van der Waals surface area (Å²) >= 11 is 0. The van der Waals surface area contributed by atoms with Gasteiger partial charge in [-0.15, -0.1) is 0 Å². The molecule has 2 aromatic carbocycles. The van der Waals surface area contributed by atoms with Crippen LogP contribution in [0.5, 0.6) is 0 Å². The molecule has 1 fully saturated rings. The van der Waals surface area contributed by atoms with Crippen LogP contribution in [0.15, 0.2) is 42.5 Å². The number of rotatable bonds is 6. The number of quaternary nitrogens is 1. The third-order valence-electron chi connectivity index (χ3n) is 6.12. The van der Waals surface area contributed by atoms with E-state index in [0.29, 0.717) is 6.54 Å². The van der Waals surface area contributed by atoms with Gasteiger partial charge < -0.3 is 9.80 Å². The van der Waals surface area contributed by atoms with Crippen LogP contribution in [0, 0.1) is 13.8 Å². The molecule has 1 heterocycles. The Morgan fingerprint density at radius 1 is 0.929 bits per heavy atom. The molecule has 28 heavy (non-hydrogen) atoms. The Labute approximate surface area is 170 Å². The van der Waals surface area contributed by atoms with Crippen molar-refractivity contribution in [3.05, 3.63) is 64.7 Å². The molecule has 2 aromatic rings. The average Bonchev–Trinajstić information content (AvgIpc) is 2.90. The SMILES string of the molecule is CCc1cc(C)c(NC(=O)C[N+]2(Cc3ccccc3)CCCCCC2)c(C)c1. The fourth-order valence-corrected chi connectivity index (χ4v) is 4.64. The Hall–Kier alpha value is -2.13. The van der Waals surface area contributed by atoms with Crippen LogP contribution in [0.4, 0.5) is 5.69 Å². The van der Waals surface area contributed by atoms with E-state index in [1.807, 2.05) is 0 Å². The minimum atomic E-state index is 0.147. The van der Waals surface area contributed by atoms with Gasteiger partial charge in [0.15, 0.2) is 6.54 Å². The van der Waals surface area contributed by atoms with Crippen molar-refractivity contribution in [2.75, 3.05) is 25.0 Å². The lowest BCUT2D eigenvalue weighted by Gasteiger charge is -2.37. The Kier molecular flexibility index (Phi) is 6.90. The zero-order valence-electron chi connectivity index (χ0n) is 17.8. The van der Waals surface area contributed by atoms with E-state index in [0.717, 1.165) is 47.4 Å². The number of anilines is 1. The highest BCUT2D eigenvalue weighted by Gasteiger charge is 2.32. The van der Waals surface area contributed by atoms with E-state index >= 15 is 0 Å².